The van der Waals surface area contributed by atoms with Gasteiger partial charge >= 0.3 is 0 Å². The first kappa shape index (κ1) is 15.0. The van der Waals surface area contributed by atoms with Gasteiger partial charge in [-0.2, -0.15) is 0 Å². The lowest BCUT2D eigenvalue weighted by Gasteiger charge is -2.28. The molecule has 1 saturated carbocycles. The number of nitrogens with one attached hydrogen (secondary N) is 1. The van der Waals surface area contributed by atoms with Gasteiger partial charge in [0.25, 0.3) is 0 Å². The van der Waals surface area contributed by atoms with Crippen molar-refractivity contribution in [2.45, 2.75) is 57.5 Å². The van der Waals surface area contributed by atoms with Crippen molar-refractivity contribution in [1.82, 2.24) is 5.32 Å². The monoisotopic (exact) mass is 274 g/mol. The zero-order chi connectivity index (χ0) is 14.4. The van der Waals surface area contributed by atoms with Crippen molar-refractivity contribution in [3.8, 4) is 0 Å². The Balaban J connectivity index is 1.76. The molecule has 0 bridgehead atoms. The van der Waals surface area contributed by atoms with E-state index in [1.165, 1.54) is 19.3 Å². The molecular formula is C17H26N2O. The Hall–Kier alpha value is -1.35. The molecular weight excluding hydrogens is 248 g/mol. The Bertz CT molecular complexity index is 410. The van der Waals surface area contributed by atoms with Crippen LogP contribution in [-0.2, 0) is 4.79 Å². The maximum Gasteiger partial charge on any atom is 0.222 e. The number of hydrogen-bond donors (Lipinski definition) is 2. The van der Waals surface area contributed by atoms with Crippen LogP contribution < -0.4 is 11.1 Å². The summed E-state index contributed by atoms with van der Waals surface area (Å²) in [7, 11) is 0. The minimum Gasteiger partial charge on any atom is -0.353 e. The second-order valence-electron chi connectivity index (χ2n) is 5.91. The van der Waals surface area contributed by atoms with Gasteiger partial charge in [-0.15, -0.1) is 0 Å². The fraction of sp³-hybridized carbons (Fsp3) is 0.588. The second kappa shape index (κ2) is 7.44. The molecule has 1 aromatic rings. The van der Waals surface area contributed by atoms with Crippen LogP contribution in [0.2, 0.25) is 0 Å². The molecule has 2 rings (SSSR count). The molecule has 1 fully saturated rings. The van der Waals surface area contributed by atoms with Crippen LogP contribution in [0.5, 0.6) is 0 Å². The standard InChI is InChI=1S/C17H26N2O/c1-2-13-8-10-15(11-9-13)19-17(20)12-16(18)14-6-4-3-5-7-14/h3-7,13,15-16H,2,8-12,18H2,1H3,(H,19,20). The average Bonchev–Trinajstić information content (AvgIpc) is 2.49. The number of nitrogens with two attached hydrogens (primary N) is 1. The molecule has 0 heterocycles. The molecule has 3 heteroatoms. The molecule has 0 aliphatic heterocycles. The highest BCUT2D eigenvalue weighted by molar-refractivity contribution is 5.77. The number of amides is 1. The minimum atomic E-state index is -0.205. The van der Waals surface area contributed by atoms with Crippen molar-refractivity contribution in [3.05, 3.63) is 35.9 Å². The fourth-order valence-electron chi connectivity index (χ4n) is 3.02. The lowest BCUT2D eigenvalue weighted by molar-refractivity contribution is -0.122. The summed E-state index contributed by atoms with van der Waals surface area (Å²) in [6, 6.07) is 9.98. The third-order valence-electron chi connectivity index (χ3n) is 4.42. The first-order valence-corrected chi connectivity index (χ1v) is 7.79. The summed E-state index contributed by atoms with van der Waals surface area (Å²) in [5.41, 5.74) is 7.11. The van der Waals surface area contributed by atoms with Gasteiger partial charge in [0.2, 0.25) is 5.91 Å². The highest BCUT2D eigenvalue weighted by Gasteiger charge is 2.22. The maximum absolute atomic E-state index is 12.1. The number of hydrogen-bond acceptors (Lipinski definition) is 2. The van der Waals surface area contributed by atoms with Crippen LogP contribution in [0.25, 0.3) is 0 Å². The largest absolute Gasteiger partial charge is 0.353 e. The van der Waals surface area contributed by atoms with Crippen molar-refractivity contribution in [2.24, 2.45) is 11.7 Å². The summed E-state index contributed by atoms with van der Waals surface area (Å²) in [4.78, 5) is 12.1. The van der Waals surface area contributed by atoms with E-state index in [0.29, 0.717) is 12.5 Å². The van der Waals surface area contributed by atoms with Crippen LogP contribution in [0, 0.1) is 5.92 Å². The fourth-order valence-corrected chi connectivity index (χ4v) is 3.02. The SMILES string of the molecule is CCC1CCC(NC(=O)CC(N)c2ccccc2)CC1. The van der Waals surface area contributed by atoms with Crippen LogP contribution in [0.4, 0.5) is 0 Å². The zero-order valence-corrected chi connectivity index (χ0v) is 12.3. The molecule has 0 aromatic heterocycles. The van der Waals surface area contributed by atoms with E-state index < -0.39 is 0 Å². The number of benzene rings is 1. The molecule has 1 unspecified atom stereocenters. The van der Waals surface area contributed by atoms with Gasteiger partial charge in [-0.3, -0.25) is 4.79 Å². The predicted molar refractivity (Wildman–Crippen MR) is 82.2 cm³/mol. The van der Waals surface area contributed by atoms with Gasteiger partial charge in [-0.25, -0.2) is 0 Å². The van der Waals surface area contributed by atoms with E-state index in [-0.39, 0.29) is 11.9 Å². The summed E-state index contributed by atoms with van der Waals surface area (Å²) in [5, 5.41) is 3.15. The first-order valence-electron chi connectivity index (χ1n) is 7.79. The minimum absolute atomic E-state index is 0.0845. The predicted octanol–water partition coefficient (Wildman–Crippen LogP) is 3.16. The summed E-state index contributed by atoms with van der Waals surface area (Å²) in [6.07, 6.45) is 6.35. The molecule has 20 heavy (non-hydrogen) atoms. The lowest BCUT2D eigenvalue weighted by Crippen LogP contribution is -2.38. The number of carbonyl (C=O) groups is 1. The van der Waals surface area contributed by atoms with Crippen molar-refractivity contribution in [1.29, 1.82) is 0 Å². The van der Waals surface area contributed by atoms with Gasteiger partial charge in [0, 0.05) is 18.5 Å². The van der Waals surface area contributed by atoms with E-state index in [9.17, 15) is 4.79 Å². The topological polar surface area (TPSA) is 55.1 Å². The third-order valence-corrected chi connectivity index (χ3v) is 4.42. The second-order valence-corrected chi connectivity index (χ2v) is 5.91. The van der Waals surface area contributed by atoms with Gasteiger partial charge < -0.3 is 11.1 Å². The molecule has 0 saturated heterocycles. The van der Waals surface area contributed by atoms with Crippen molar-refractivity contribution in [3.63, 3.8) is 0 Å². The Morgan fingerprint density at radius 2 is 1.90 bits per heavy atom. The smallest absolute Gasteiger partial charge is 0.222 e. The molecule has 1 atom stereocenters. The molecule has 1 amide bonds. The number of carbonyl (C=O) groups excluding carboxylic acids is 1. The van der Waals surface area contributed by atoms with Crippen molar-refractivity contribution < 1.29 is 4.79 Å². The van der Waals surface area contributed by atoms with Gasteiger partial charge in [-0.05, 0) is 37.2 Å². The molecule has 0 spiro atoms. The average molecular weight is 274 g/mol. The molecule has 1 aromatic carbocycles. The molecule has 1 aliphatic carbocycles. The van der Waals surface area contributed by atoms with E-state index in [4.69, 9.17) is 5.73 Å². The van der Waals surface area contributed by atoms with E-state index in [2.05, 4.69) is 12.2 Å². The van der Waals surface area contributed by atoms with Crippen molar-refractivity contribution in [2.75, 3.05) is 0 Å². The number of rotatable bonds is 5. The summed E-state index contributed by atoms with van der Waals surface area (Å²) in [5.74, 6) is 0.941. The maximum atomic E-state index is 12.1. The Kier molecular flexibility index (Phi) is 5.60. The summed E-state index contributed by atoms with van der Waals surface area (Å²) < 4.78 is 0. The Morgan fingerprint density at radius 1 is 1.25 bits per heavy atom. The van der Waals surface area contributed by atoms with Gasteiger partial charge in [0.1, 0.15) is 0 Å². The van der Waals surface area contributed by atoms with Gasteiger partial charge in [0.05, 0.1) is 0 Å². The highest BCUT2D eigenvalue weighted by atomic mass is 16.1. The zero-order valence-electron chi connectivity index (χ0n) is 12.3. The van der Waals surface area contributed by atoms with Crippen LogP contribution in [0.3, 0.4) is 0 Å². The molecule has 1 aliphatic rings. The van der Waals surface area contributed by atoms with E-state index in [1.807, 2.05) is 30.3 Å². The third kappa shape index (κ3) is 4.34. The molecule has 3 nitrogen and oxygen atoms in total. The summed E-state index contributed by atoms with van der Waals surface area (Å²) >= 11 is 0. The van der Waals surface area contributed by atoms with E-state index in [0.717, 1.165) is 24.3 Å². The Labute approximate surface area is 121 Å². The lowest BCUT2D eigenvalue weighted by atomic mass is 9.84. The van der Waals surface area contributed by atoms with Crippen LogP contribution in [0.1, 0.15) is 57.1 Å². The highest BCUT2D eigenvalue weighted by Crippen LogP contribution is 2.26. The first-order chi connectivity index (χ1) is 9.69. The van der Waals surface area contributed by atoms with Gasteiger partial charge in [0.15, 0.2) is 0 Å². The van der Waals surface area contributed by atoms with E-state index >= 15 is 0 Å². The van der Waals surface area contributed by atoms with Crippen molar-refractivity contribution >= 4 is 5.91 Å². The summed E-state index contributed by atoms with van der Waals surface area (Å²) in [6.45, 7) is 2.25. The molecule has 0 radical (unpaired) electrons. The normalized spacial score (nSPS) is 24.1. The quantitative estimate of drug-likeness (QED) is 0.866. The Morgan fingerprint density at radius 3 is 2.50 bits per heavy atom. The van der Waals surface area contributed by atoms with Crippen LogP contribution in [0.15, 0.2) is 30.3 Å². The van der Waals surface area contributed by atoms with Gasteiger partial charge in [-0.1, -0.05) is 43.7 Å². The molecule has 110 valence electrons. The molecule has 3 N–H and O–H groups in total. The van der Waals surface area contributed by atoms with E-state index in [1.54, 1.807) is 0 Å². The van der Waals surface area contributed by atoms with Crippen LogP contribution in [-0.4, -0.2) is 11.9 Å². The van der Waals surface area contributed by atoms with Crippen LogP contribution >= 0.6 is 0 Å².